The fourth-order valence-electron chi connectivity index (χ4n) is 3.89. The number of nitrogens with zero attached hydrogens (tertiary/aromatic N) is 1. The molecular formula is C25H32N4O2. The average Bonchev–Trinajstić information content (AvgIpc) is 3.19. The molecule has 1 fully saturated rings. The maximum Gasteiger partial charge on any atom is 0.227 e. The maximum absolute atomic E-state index is 12.2. The van der Waals surface area contributed by atoms with Crippen LogP contribution in [-0.2, 0) is 24.2 Å². The summed E-state index contributed by atoms with van der Waals surface area (Å²) in [6.07, 6.45) is 5.11. The van der Waals surface area contributed by atoms with Crippen LogP contribution in [-0.4, -0.2) is 31.6 Å². The van der Waals surface area contributed by atoms with Crippen LogP contribution < -0.4 is 20.7 Å². The van der Waals surface area contributed by atoms with E-state index in [1.165, 1.54) is 11.1 Å². The van der Waals surface area contributed by atoms with Crippen molar-refractivity contribution in [3.05, 3.63) is 59.2 Å². The third-order valence-electron chi connectivity index (χ3n) is 5.89. The molecule has 0 unspecified atom stereocenters. The number of anilines is 1. The normalized spacial score (nSPS) is 15.6. The summed E-state index contributed by atoms with van der Waals surface area (Å²) < 4.78 is 5.58. The van der Waals surface area contributed by atoms with Crippen molar-refractivity contribution in [2.75, 3.05) is 25.0 Å². The Morgan fingerprint density at radius 1 is 1.13 bits per heavy atom. The summed E-state index contributed by atoms with van der Waals surface area (Å²) in [5, 5.41) is 9.77. The molecule has 2 aromatic carbocycles. The van der Waals surface area contributed by atoms with Gasteiger partial charge in [-0.15, -0.1) is 0 Å². The summed E-state index contributed by atoms with van der Waals surface area (Å²) in [7, 11) is 0. The molecule has 164 valence electrons. The van der Waals surface area contributed by atoms with E-state index >= 15 is 0 Å². The quantitative estimate of drug-likeness (QED) is 0.450. The van der Waals surface area contributed by atoms with Gasteiger partial charge in [0.05, 0.1) is 13.2 Å². The molecule has 6 heteroatoms. The lowest BCUT2D eigenvalue weighted by Crippen LogP contribution is -2.38. The van der Waals surface area contributed by atoms with Gasteiger partial charge in [-0.2, -0.15) is 0 Å². The largest absolute Gasteiger partial charge is 0.493 e. The van der Waals surface area contributed by atoms with Crippen molar-refractivity contribution >= 4 is 17.6 Å². The molecule has 2 aromatic rings. The standard InChI is InChI=1S/C25H32N4O2/c1-2-26-25(27-13-11-18-9-10-23-21(15-18)12-14-31-23)28-17-19-5-3-8-22(16-19)29-24(30)20-6-4-7-20/h3,5,8-10,15-16,20H,2,4,6-7,11-14,17H2,1H3,(H,29,30)(H2,26,27,28). The van der Waals surface area contributed by atoms with E-state index in [0.717, 1.165) is 74.8 Å². The van der Waals surface area contributed by atoms with E-state index in [0.29, 0.717) is 6.54 Å². The molecule has 1 aliphatic heterocycles. The van der Waals surface area contributed by atoms with Crippen molar-refractivity contribution in [3.63, 3.8) is 0 Å². The average molecular weight is 421 g/mol. The minimum absolute atomic E-state index is 0.139. The third kappa shape index (κ3) is 5.78. The van der Waals surface area contributed by atoms with Gasteiger partial charge >= 0.3 is 0 Å². The Morgan fingerprint density at radius 2 is 2.03 bits per heavy atom. The van der Waals surface area contributed by atoms with Gasteiger partial charge in [-0.3, -0.25) is 4.79 Å². The van der Waals surface area contributed by atoms with Gasteiger partial charge in [-0.1, -0.05) is 30.7 Å². The second kappa shape index (κ2) is 10.3. The van der Waals surface area contributed by atoms with Gasteiger partial charge in [-0.05, 0) is 61.1 Å². The Bertz CT molecular complexity index is 937. The molecule has 0 aromatic heterocycles. The summed E-state index contributed by atoms with van der Waals surface area (Å²) in [5.41, 5.74) is 4.54. The Kier molecular flexibility index (Phi) is 7.07. The van der Waals surface area contributed by atoms with E-state index in [1.54, 1.807) is 0 Å². The zero-order valence-corrected chi connectivity index (χ0v) is 18.2. The van der Waals surface area contributed by atoms with Crippen LogP contribution in [0.4, 0.5) is 5.69 Å². The predicted molar refractivity (Wildman–Crippen MR) is 125 cm³/mol. The first-order valence-corrected chi connectivity index (χ1v) is 11.4. The van der Waals surface area contributed by atoms with Crippen LogP contribution in [0.1, 0.15) is 42.9 Å². The minimum atomic E-state index is 0.139. The topological polar surface area (TPSA) is 74.8 Å². The van der Waals surface area contributed by atoms with E-state index in [4.69, 9.17) is 9.73 Å². The van der Waals surface area contributed by atoms with E-state index in [1.807, 2.05) is 24.3 Å². The van der Waals surface area contributed by atoms with Crippen LogP contribution in [0.3, 0.4) is 0 Å². The number of aliphatic imine (C=N–C) groups is 1. The summed E-state index contributed by atoms with van der Waals surface area (Å²) in [6, 6.07) is 14.4. The van der Waals surface area contributed by atoms with Crippen molar-refractivity contribution in [2.45, 2.75) is 45.6 Å². The third-order valence-corrected chi connectivity index (χ3v) is 5.89. The van der Waals surface area contributed by atoms with Gasteiger partial charge in [0.25, 0.3) is 0 Å². The molecule has 1 aliphatic carbocycles. The van der Waals surface area contributed by atoms with Gasteiger partial charge in [0.1, 0.15) is 5.75 Å². The second-order valence-electron chi connectivity index (χ2n) is 8.23. The number of rotatable bonds is 8. The fraction of sp³-hybridized carbons (Fsp3) is 0.440. The molecular weight excluding hydrogens is 388 g/mol. The van der Waals surface area contributed by atoms with Gasteiger partial charge in [0, 0.05) is 31.1 Å². The van der Waals surface area contributed by atoms with Crippen molar-refractivity contribution in [1.82, 2.24) is 10.6 Å². The van der Waals surface area contributed by atoms with Gasteiger partial charge in [0.15, 0.2) is 5.96 Å². The molecule has 6 nitrogen and oxygen atoms in total. The lowest BCUT2D eigenvalue weighted by atomic mass is 9.85. The number of amides is 1. The number of carbonyl (C=O) groups excluding carboxylic acids is 1. The molecule has 4 rings (SSSR count). The maximum atomic E-state index is 12.2. The molecule has 0 saturated heterocycles. The molecule has 1 saturated carbocycles. The smallest absolute Gasteiger partial charge is 0.227 e. The Hall–Kier alpha value is -3.02. The number of guanidine groups is 1. The number of carbonyl (C=O) groups is 1. The van der Waals surface area contributed by atoms with Gasteiger partial charge < -0.3 is 20.7 Å². The van der Waals surface area contributed by atoms with E-state index in [2.05, 4.69) is 41.1 Å². The van der Waals surface area contributed by atoms with E-state index in [-0.39, 0.29) is 11.8 Å². The van der Waals surface area contributed by atoms with Crippen molar-refractivity contribution < 1.29 is 9.53 Å². The molecule has 1 amide bonds. The van der Waals surface area contributed by atoms with Gasteiger partial charge in [-0.25, -0.2) is 4.99 Å². The highest BCUT2D eigenvalue weighted by atomic mass is 16.5. The Labute approximate surface area is 184 Å². The summed E-state index contributed by atoms with van der Waals surface area (Å²) in [6.45, 7) is 5.02. The van der Waals surface area contributed by atoms with Crippen molar-refractivity contribution in [3.8, 4) is 5.75 Å². The van der Waals surface area contributed by atoms with Crippen LogP contribution in [0.25, 0.3) is 0 Å². The molecule has 0 spiro atoms. The summed E-state index contributed by atoms with van der Waals surface area (Å²) in [5.74, 6) is 2.15. The SMILES string of the molecule is CCNC(=NCc1cccc(NC(=O)C2CCC2)c1)NCCc1ccc2c(c1)CCO2. The molecule has 31 heavy (non-hydrogen) atoms. The highest BCUT2D eigenvalue weighted by Crippen LogP contribution is 2.28. The molecule has 0 radical (unpaired) electrons. The number of hydrogen-bond acceptors (Lipinski definition) is 3. The minimum Gasteiger partial charge on any atom is -0.493 e. The predicted octanol–water partition coefficient (Wildman–Crippen LogP) is 3.66. The first kappa shape index (κ1) is 21.2. The van der Waals surface area contributed by atoms with Crippen molar-refractivity contribution in [2.24, 2.45) is 10.9 Å². The summed E-state index contributed by atoms with van der Waals surface area (Å²) in [4.78, 5) is 16.9. The first-order chi connectivity index (χ1) is 15.2. The van der Waals surface area contributed by atoms with Crippen LogP contribution in [0.15, 0.2) is 47.5 Å². The molecule has 1 heterocycles. The van der Waals surface area contributed by atoms with Crippen LogP contribution in [0, 0.1) is 5.92 Å². The highest BCUT2D eigenvalue weighted by Gasteiger charge is 2.25. The highest BCUT2D eigenvalue weighted by molar-refractivity contribution is 5.93. The lowest BCUT2D eigenvalue weighted by molar-refractivity contribution is -0.122. The molecule has 0 bridgehead atoms. The van der Waals surface area contributed by atoms with Crippen LogP contribution in [0.5, 0.6) is 5.75 Å². The van der Waals surface area contributed by atoms with E-state index in [9.17, 15) is 4.79 Å². The van der Waals surface area contributed by atoms with Crippen LogP contribution >= 0.6 is 0 Å². The first-order valence-electron chi connectivity index (χ1n) is 11.4. The number of hydrogen-bond donors (Lipinski definition) is 3. The van der Waals surface area contributed by atoms with Crippen LogP contribution in [0.2, 0.25) is 0 Å². The zero-order chi connectivity index (χ0) is 21.5. The summed E-state index contributed by atoms with van der Waals surface area (Å²) >= 11 is 0. The number of benzene rings is 2. The number of fused-ring (bicyclic) bond motifs is 1. The molecule has 2 aliphatic rings. The second-order valence-corrected chi connectivity index (χ2v) is 8.23. The van der Waals surface area contributed by atoms with E-state index < -0.39 is 0 Å². The lowest BCUT2D eigenvalue weighted by Gasteiger charge is -2.24. The molecule has 3 N–H and O–H groups in total. The fourth-order valence-corrected chi connectivity index (χ4v) is 3.89. The number of nitrogens with one attached hydrogen (secondary N) is 3. The zero-order valence-electron chi connectivity index (χ0n) is 18.2. The number of ether oxygens (including phenoxy) is 1. The Morgan fingerprint density at radius 3 is 2.84 bits per heavy atom. The monoisotopic (exact) mass is 420 g/mol. The van der Waals surface area contributed by atoms with Gasteiger partial charge in [0.2, 0.25) is 5.91 Å². The molecule has 0 atom stereocenters. The Balaban J connectivity index is 1.30. The van der Waals surface area contributed by atoms with Crippen molar-refractivity contribution in [1.29, 1.82) is 0 Å².